The molecule has 2 heteroatoms. The Labute approximate surface area is 119 Å². The molecule has 1 aliphatic heterocycles. The van der Waals surface area contributed by atoms with E-state index in [1.807, 2.05) is 0 Å². The third kappa shape index (κ3) is 2.04. The van der Waals surface area contributed by atoms with Crippen molar-refractivity contribution in [1.82, 2.24) is 0 Å². The van der Waals surface area contributed by atoms with Crippen LogP contribution in [0.2, 0.25) is 0 Å². The Morgan fingerprint density at radius 3 is 1.95 bits per heavy atom. The van der Waals surface area contributed by atoms with Crippen LogP contribution in [0.4, 0.5) is 0 Å². The Bertz CT molecular complexity index is 582. The number of benzene rings is 2. The molecule has 104 valence electrons. The molecule has 0 aromatic heterocycles. The first-order valence-corrected chi connectivity index (χ1v) is 7.64. The lowest BCUT2D eigenvalue weighted by Crippen LogP contribution is -2.38. The van der Waals surface area contributed by atoms with E-state index in [-0.39, 0.29) is 5.79 Å². The van der Waals surface area contributed by atoms with E-state index >= 15 is 0 Å². The zero-order valence-electron chi connectivity index (χ0n) is 11.7. The van der Waals surface area contributed by atoms with Gasteiger partial charge in [-0.1, -0.05) is 42.8 Å². The Morgan fingerprint density at radius 2 is 1.35 bits per heavy atom. The first-order chi connectivity index (χ1) is 9.86. The molecule has 1 heterocycles. The largest absolute Gasteiger partial charge is 0.345 e. The predicted molar refractivity (Wildman–Crippen MR) is 79.3 cm³/mol. The van der Waals surface area contributed by atoms with Gasteiger partial charge in [0.25, 0.3) is 0 Å². The molecule has 0 bridgehead atoms. The Morgan fingerprint density at radius 1 is 0.750 bits per heavy atom. The molecule has 0 saturated heterocycles. The first kappa shape index (κ1) is 12.4. The van der Waals surface area contributed by atoms with Crippen LogP contribution >= 0.6 is 0 Å². The average Bonchev–Trinajstić information content (AvgIpc) is 2.50. The van der Waals surface area contributed by atoms with Crippen LogP contribution in [0, 0.1) is 0 Å². The van der Waals surface area contributed by atoms with Gasteiger partial charge in [-0.3, -0.25) is 0 Å². The average molecular weight is 268 g/mol. The van der Waals surface area contributed by atoms with Gasteiger partial charge in [0, 0.05) is 12.8 Å². The van der Waals surface area contributed by atoms with E-state index in [2.05, 4.69) is 36.4 Å². The Kier molecular flexibility index (Phi) is 3.01. The molecule has 0 amide bonds. The summed E-state index contributed by atoms with van der Waals surface area (Å²) in [5.41, 5.74) is 2.60. The van der Waals surface area contributed by atoms with Crippen molar-refractivity contribution in [3.8, 4) is 0 Å². The van der Waals surface area contributed by atoms with Crippen LogP contribution < -0.4 is 0 Å². The fourth-order valence-electron chi connectivity index (χ4n) is 3.58. The van der Waals surface area contributed by atoms with Gasteiger partial charge in [0.05, 0.1) is 13.2 Å². The van der Waals surface area contributed by atoms with Gasteiger partial charge in [-0.25, -0.2) is 0 Å². The van der Waals surface area contributed by atoms with E-state index in [1.54, 1.807) is 0 Å². The van der Waals surface area contributed by atoms with Crippen molar-refractivity contribution in [3.63, 3.8) is 0 Å². The molecule has 20 heavy (non-hydrogen) atoms. The standard InChI is InChI=1S/C18H20O2/c1-2-10-18(11-3-1)19-12-15-8-4-6-14-7-5-9-16(13-20-18)17(14)15/h4-9H,1-3,10-13H2. The highest BCUT2D eigenvalue weighted by Gasteiger charge is 2.35. The van der Waals surface area contributed by atoms with Gasteiger partial charge >= 0.3 is 0 Å². The van der Waals surface area contributed by atoms with Crippen LogP contribution in [0.1, 0.15) is 43.2 Å². The SMILES string of the molecule is c1cc2c3c(cccc3c1)COC1(CCCCC1)OC2. The van der Waals surface area contributed by atoms with Crippen LogP contribution in [0.15, 0.2) is 36.4 Å². The zero-order valence-corrected chi connectivity index (χ0v) is 11.7. The van der Waals surface area contributed by atoms with E-state index in [0.717, 1.165) is 12.8 Å². The van der Waals surface area contributed by atoms with Crippen molar-refractivity contribution in [3.05, 3.63) is 47.5 Å². The van der Waals surface area contributed by atoms with Crippen molar-refractivity contribution in [2.24, 2.45) is 0 Å². The fraction of sp³-hybridized carbons (Fsp3) is 0.444. The monoisotopic (exact) mass is 268 g/mol. The summed E-state index contributed by atoms with van der Waals surface area (Å²) in [4.78, 5) is 0. The highest BCUT2D eigenvalue weighted by Crippen LogP contribution is 2.37. The molecule has 1 saturated carbocycles. The molecule has 0 radical (unpaired) electrons. The van der Waals surface area contributed by atoms with Gasteiger partial charge in [-0.05, 0) is 34.7 Å². The molecule has 2 aliphatic rings. The molecule has 4 rings (SSSR count). The molecule has 1 spiro atoms. The maximum atomic E-state index is 6.24. The second kappa shape index (κ2) is 4.87. The molecule has 2 aromatic rings. The summed E-state index contributed by atoms with van der Waals surface area (Å²) >= 11 is 0. The maximum absolute atomic E-state index is 6.24. The summed E-state index contributed by atoms with van der Waals surface area (Å²) in [7, 11) is 0. The van der Waals surface area contributed by atoms with Crippen LogP contribution in [0.25, 0.3) is 10.8 Å². The quantitative estimate of drug-likeness (QED) is 0.698. The number of hydrogen-bond donors (Lipinski definition) is 0. The Hall–Kier alpha value is -1.38. The number of rotatable bonds is 0. The van der Waals surface area contributed by atoms with Crippen molar-refractivity contribution in [2.75, 3.05) is 0 Å². The van der Waals surface area contributed by atoms with Crippen LogP contribution in [-0.4, -0.2) is 5.79 Å². The van der Waals surface area contributed by atoms with Gasteiger partial charge in [0.2, 0.25) is 0 Å². The normalized spacial score (nSPS) is 21.6. The summed E-state index contributed by atoms with van der Waals surface area (Å²) < 4.78 is 12.5. The van der Waals surface area contributed by atoms with Gasteiger partial charge in [-0.15, -0.1) is 0 Å². The van der Waals surface area contributed by atoms with Gasteiger partial charge < -0.3 is 9.47 Å². The van der Waals surface area contributed by atoms with Crippen LogP contribution in [0.5, 0.6) is 0 Å². The van der Waals surface area contributed by atoms with Crippen molar-refractivity contribution in [1.29, 1.82) is 0 Å². The number of ether oxygens (including phenoxy) is 2. The highest BCUT2D eigenvalue weighted by molar-refractivity contribution is 5.88. The highest BCUT2D eigenvalue weighted by atomic mass is 16.7. The van der Waals surface area contributed by atoms with Crippen LogP contribution in [-0.2, 0) is 22.7 Å². The summed E-state index contributed by atoms with van der Waals surface area (Å²) in [6.45, 7) is 1.32. The molecule has 0 N–H and O–H groups in total. The Balaban J connectivity index is 1.76. The number of hydrogen-bond acceptors (Lipinski definition) is 2. The predicted octanol–water partition coefficient (Wildman–Crippen LogP) is 4.55. The summed E-state index contributed by atoms with van der Waals surface area (Å²) in [6.07, 6.45) is 5.80. The molecule has 0 atom stereocenters. The lowest BCUT2D eigenvalue weighted by Gasteiger charge is -2.38. The van der Waals surface area contributed by atoms with E-state index in [4.69, 9.17) is 9.47 Å². The summed E-state index contributed by atoms with van der Waals surface area (Å²) in [6, 6.07) is 13.0. The molecular weight excluding hydrogens is 248 g/mol. The topological polar surface area (TPSA) is 18.5 Å². The minimum atomic E-state index is -0.339. The van der Waals surface area contributed by atoms with E-state index in [9.17, 15) is 0 Å². The maximum Gasteiger partial charge on any atom is 0.169 e. The van der Waals surface area contributed by atoms with Crippen molar-refractivity contribution >= 4 is 10.8 Å². The molecule has 2 nitrogen and oxygen atoms in total. The van der Waals surface area contributed by atoms with E-state index < -0.39 is 0 Å². The smallest absolute Gasteiger partial charge is 0.169 e. The first-order valence-electron chi connectivity index (χ1n) is 7.64. The molecule has 0 unspecified atom stereocenters. The van der Waals surface area contributed by atoms with E-state index in [1.165, 1.54) is 41.2 Å². The molecular formula is C18H20O2. The zero-order chi connectivity index (χ0) is 13.4. The summed E-state index contributed by atoms with van der Waals surface area (Å²) in [5.74, 6) is -0.339. The second-order valence-electron chi connectivity index (χ2n) is 5.98. The minimum Gasteiger partial charge on any atom is -0.345 e. The van der Waals surface area contributed by atoms with Crippen LogP contribution in [0.3, 0.4) is 0 Å². The lowest BCUT2D eigenvalue weighted by atomic mass is 9.93. The molecule has 2 aromatic carbocycles. The second-order valence-corrected chi connectivity index (χ2v) is 5.98. The van der Waals surface area contributed by atoms with Crippen molar-refractivity contribution < 1.29 is 9.47 Å². The molecule has 1 aliphatic carbocycles. The van der Waals surface area contributed by atoms with Crippen molar-refractivity contribution in [2.45, 2.75) is 51.1 Å². The summed E-state index contributed by atoms with van der Waals surface area (Å²) in [5, 5.41) is 2.60. The third-order valence-corrected chi connectivity index (χ3v) is 4.67. The van der Waals surface area contributed by atoms with Gasteiger partial charge in [0.1, 0.15) is 0 Å². The third-order valence-electron chi connectivity index (χ3n) is 4.67. The van der Waals surface area contributed by atoms with Gasteiger partial charge in [0.15, 0.2) is 5.79 Å². The van der Waals surface area contributed by atoms with Gasteiger partial charge in [-0.2, -0.15) is 0 Å². The minimum absolute atomic E-state index is 0.339. The lowest BCUT2D eigenvalue weighted by molar-refractivity contribution is -0.265. The molecule has 1 fully saturated rings. The van der Waals surface area contributed by atoms with E-state index in [0.29, 0.717) is 13.2 Å². The fourth-order valence-corrected chi connectivity index (χ4v) is 3.58.